The maximum absolute atomic E-state index is 13.0. The van der Waals surface area contributed by atoms with Gasteiger partial charge in [0.25, 0.3) is 6.43 Å². The van der Waals surface area contributed by atoms with Crippen molar-refractivity contribution in [1.29, 1.82) is 10.5 Å². The van der Waals surface area contributed by atoms with E-state index >= 15 is 0 Å². The number of aliphatic hydroxyl groups is 2. The van der Waals surface area contributed by atoms with E-state index in [1.165, 1.54) is 13.2 Å². The molecule has 5 atom stereocenters. The van der Waals surface area contributed by atoms with Crippen LogP contribution in [0.25, 0.3) is 0 Å². The molecule has 1 aromatic heterocycles. The number of halogens is 2. The molecule has 0 spiro atoms. The minimum absolute atomic E-state index is 0.0138. The van der Waals surface area contributed by atoms with Crippen molar-refractivity contribution in [3.63, 3.8) is 0 Å². The lowest BCUT2D eigenvalue weighted by atomic mass is 9.70. The topological polar surface area (TPSA) is 131 Å². The molecule has 3 N–H and O–H groups in total. The van der Waals surface area contributed by atoms with Crippen LogP contribution in [0.1, 0.15) is 33.9 Å². The first-order valence-corrected chi connectivity index (χ1v) is 11.9. The van der Waals surface area contributed by atoms with Crippen LogP contribution in [-0.4, -0.2) is 47.9 Å². The Morgan fingerprint density at radius 3 is 2.45 bits per heavy atom. The summed E-state index contributed by atoms with van der Waals surface area (Å²) in [6.45, 7) is -0.656. The molecule has 8 nitrogen and oxygen atoms in total. The van der Waals surface area contributed by atoms with Crippen molar-refractivity contribution in [2.45, 2.75) is 29.6 Å². The van der Waals surface area contributed by atoms with Crippen molar-refractivity contribution < 1.29 is 28.5 Å². The number of methoxy groups -OCH3 is 1. The van der Waals surface area contributed by atoms with E-state index in [1.807, 2.05) is 24.3 Å². The van der Waals surface area contributed by atoms with Gasteiger partial charge in [-0.05, 0) is 23.3 Å². The molecule has 0 unspecified atom stereocenters. The first-order valence-electron chi connectivity index (χ1n) is 11.9. The van der Waals surface area contributed by atoms with Crippen molar-refractivity contribution in [3.8, 4) is 23.8 Å². The Balaban J connectivity index is 1.81. The number of hydrogen-bond acceptors (Lipinski definition) is 8. The van der Waals surface area contributed by atoms with Gasteiger partial charge in [-0.15, -0.1) is 0 Å². The van der Waals surface area contributed by atoms with Gasteiger partial charge in [-0.25, -0.2) is 13.8 Å². The summed E-state index contributed by atoms with van der Waals surface area (Å²) in [6, 6.07) is 20.8. The SMILES string of the molecule is COc1nc(C#N)cc2c1[C@]1(O)[C@H](O)[C@H](CNCC(F)F)[C@@H](c3ccccc3)[C@]1(c1ccc(C#N)cc1)O2. The Labute approximate surface area is 217 Å². The number of rotatable bonds is 7. The monoisotopic (exact) mass is 518 g/mol. The summed E-state index contributed by atoms with van der Waals surface area (Å²) in [5.41, 5.74) is -2.30. The smallest absolute Gasteiger partial charge is 0.250 e. The Morgan fingerprint density at radius 1 is 1.13 bits per heavy atom. The molecule has 0 radical (unpaired) electrons. The van der Waals surface area contributed by atoms with Crippen molar-refractivity contribution in [2.75, 3.05) is 20.2 Å². The second-order valence-corrected chi connectivity index (χ2v) is 9.34. The summed E-state index contributed by atoms with van der Waals surface area (Å²) in [4.78, 5) is 4.19. The van der Waals surface area contributed by atoms with Gasteiger partial charge in [-0.3, -0.25) is 0 Å². The summed E-state index contributed by atoms with van der Waals surface area (Å²) in [7, 11) is 1.33. The van der Waals surface area contributed by atoms with E-state index in [-0.39, 0.29) is 29.4 Å². The van der Waals surface area contributed by atoms with Crippen molar-refractivity contribution in [3.05, 3.63) is 88.6 Å². The van der Waals surface area contributed by atoms with Crippen LogP contribution in [0, 0.1) is 28.6 Å². The summed E-state index contributed by atoms with van der Waals surface area (Å²) in [5, 5.41) is 46.1. The molecule has 3 aromatic rings. The second-order valence-electron chi connectivity index (χ2n) is 9.34. The second kappa shape index (κ2) is 9.66. The Morgan fingerprint density at radius 2 is 1.84 bits per heavy atom. The van der Waals surface area contributed by atoms with Crippen LogP contribution >= 0.6 is 0 Å². The number of fused-ring (bicyclic) bond motifs is 3. The number of ether oxygens (including phenoxy) is 2. The van der Waals surface area contributed by atoms with E-state index in [2.05, 4.69) is 16.4 Å². The van der Waals surface area contributed by atoms with E-state index in [0.29, 0.717) is 16.7 Å². The Bertz CT molecular complexity index is 1420. The standard InChI is InChI=1S/C28H24F2N4O4/c1-37-26-24-21(11-19(13-32)34-26)38-28(18-9-7-16(12-31)8-10-18)23(17-5-3-2-4-6-17)20(14-33-15-22(29)30)25(35)27(24,28)36/h2-11,20,22-23,25,33,35-36H,14-15H2,1H3/t20-,23-,25-,27+,28+/m1/s1. The fourth-order valence-corrected chi connectivity index (χ4v) is 6.02. The van der Waals surface area contributed by atoms with Crippen LogP contribution in [0.4, 0.5) is 8.78 Å². The normalized spacial score (nSPS) is 27.2. The molecule has 0 amide bonds. The van der Waals surface area contributed by atoms with E-state index < -0.39 is 42.1 Å². The number of hydrogen-bond donors (Lipinski definition) is 3. The van der Waals surface area contributed by atoms with Crippen LogP contribution in [0.2, 0.25) is 0 Å². The molecule has 2 aliphatic rings. The first-order chi connectivity index (χ1) is 18.3. The van der Waals surface area contributed by atoms with Crippen LogP contribution < -0.4 is 14.8 Å². The molecular weight excluding hydrogens is 494 g/mol. The highest BCUT2D eigenvalue weighted by molar-refractivity contribution is 5.60. The lowest BCUT2D eigenvalue weighted by Gasteiger charge is -2.41. The van der Waals surface area contributed by atoms with Crippen LogP contribution in [0.5, 0.6) is 11.6 Å². The van der Waals surface area contributed by atoms with Gasteiger partial charge in [0.1, 0.15) is 17.5 Å². The average Bonchev–Trinajstić information content (AvgIpc) is 3.31. The van der Waals surface area contributed by atoms with E-state index in [9.17, 15) is 29.5 Å². The minimum atomic E-state index is -2.61. The zero-order chi connectivity index (χ0) is 27.1. The molecule has 1 saturated carbocycles. The van der Waals surface area contributed by atoms with Crippen molar-refractivity contribution in [2.24, 2.45) is 5.92 Å². The molecule has 2 aromatic carbocycles. The molecule has 2 heterocycles. The van der Waals surface area contributed by atoms with E-state index in [0.717, 1.165) is 0 Å². The van der Waals surface area contributed by atoms with E-state index in [4.69, 9.17) is 9.47 Å². The number of alkyl halides is 2. The third kappa shape index (κ3) is 3.61. The summed E-state index contributed by atoms with van der Waals surface area (Å²) < 4.78 is 38.1. The summed E-state index contributed by atoms with van der Waals surface area (Å²) in [6.07, 6.45) is -4.14. The summed E-state index contributed by atoms with van der Waals surface area (Å²) in [5.74, 6) is -1.54. The number of benzene rings is 2. The quantitative estimate of drug-likeness (QED) is 0.435. The van der Waals surface area contributed by atoms with Gasteiger partial charge in [0.2, 0.25) is 5.88 Å². The van der Waals surface area contributed by atoms with Gasteiger partial charge in [-0.2, -0.15) is 10.5 Å². The van der Waals surface area contributed by atoms with Crippen LogP contribution in [-0.2, 0) is 11.2 Å². The predicted octanol–water partition coefficient (Wildman–Crippen LogP) is 2.94. The molecule has 1 aliphatic carbocycles. The fraction of sp³-hybridized carbons (Fsp3) is 0.321. The van der Waals surface area contributed by atoms with Gasteiger partial charge in [-0.1, -0.05) is 42.5 Å². The van der Waals surface area contributed by atoms with Gasteiger partial charge in [0, 0.05) is 24.4 Å². The van der Waals surface area contributed by atoms with Crippen LogP contribution in [0.15, 0.2) is 60.7 Å². The maximum Gasteiger partial charge on any atom is 0.250 e. The predicted molar refractivity (Wildman–Crippen MR) is 130 cm³/mol. The molecule has 0 bridgehead atoms. The number of aromatic nitrogens is 1. The molecule has 5 rings (SSSR count). The zero-order valence-electron chi connectivity index (χ0n) is 20.3. The first kappa shape index (κ1) is 25.6. The molecule has 194 valence electrons. The van der Waals surface area contributed by atoms with E-state index in [1.54, 1.807) is 36.4 Å². The third-order valence-electron chi connectivity index (χ3n) is 7.46. The molecule has 1 aliphatic heterocycles. The number of nitriles is 2. The van der Waals surface area contributed by atoms with Crippen molar-refractivity contribution in [1.82, 2.24) is 10.3 Å². The van der Waals surface area contributed by atoms with Crippen molar-refractivity contribution >= 4 is 0 Å². The Hall–Kier alpha value is -4.09. The van der Waals surface area contributed by atoms with Gasteiger partial charge >= 0.3 is 0 Å². The van der Waals surface area contributed by atoms with Gasteiger partial charge < -0.3 is 25.0 Å². The van der Waals surface area contributed by atoms with Gasteiger partial charge in [0.15, 0.2) is 11.2 Å². The molecule has 1 fully saturated rings. The lowest BCUT2D eigenvalue weighted by molar-refractivity contribution is -0.152. The van der Waals surface area contributed by atoms with Gasteiger partial charge in [0.05, 0.1) is 37.0 Å². The number of pyridine rings is 1. The highest BCUT2D eigenvalue weighted by atomic mass is 19.3. The van der Waals surface area contributed by atoms with Crippen LogP contribution in [0.3, 0.4) is 0 Å². The molecule has 10 heteroatoms. The third-order valence-corrected chi connectivity index (χ3v) is 7.46. The molecule has 38 heavy (non-hydrogen) atoms. The summed E-state index contributed by atoms with van der Waals surface area (Å²) >= 11 is 0. The molecular formula is C28H24F2N4O4. The minimum Gasteiger partial charge on any atom is -0.481 e. The number of aliphatic hydroxyl groups excluding tert-OH is 1. The number of nitrogens with zero attached hydrogens (tertiary/aromatic N) is 3. The lowest BCUT2D eigenvalue weighted by Crippen LogP contribution is -2.52. The fourth-order valence-electron chi connectivity index (χ4n) is 6.02. The average molecular weight is 519 g/mol. The highest BCUT2D eigenvalue weighted by Gasteiger charge is 2.76. The number of nitrogens with one attached hydrogen (secondary N) is 1. The molecule has 0 saturated heterocycles. The largest absolute Gasteiger partial charge is 0.481 e. The zero-order valence-corrected chi connectivity index (χ0v) is 20.3. The highest BCUT2D eigenvalue weighted by Crippen LogP contribution is 2.69. The maximum atomic E-state index is 13.0. The Kier molecular flexibility index (Phi) is 6.49.